The van der Waals surface area contributed by atoms with Gasteiger partial charge in [0.25, 0.3) is 0 Å². The second kappa shape index (κ2) is 4.43. The van der Waals surface area contributed by atoms with E-state index < -0.39 is 0 Å². The lowest BCUT2D eigenvalue weighted by Gasteiger charge is -2.74. The molecule has 0 aromatic rings. The average Bonchev–Trinajstić information content (AvgIpc) is 3.23. The van der Waals surface area contributed by atoms with Gasteiger partial charge in [-0.25, -0.2) is 0 Å². The number of aliphatic hydroxyl groups excluding tert-OH is 1. The summed E-state index contributed by atoms with van der Waals surface area (Å²) in [5.41, 5.74) is 0.159. The maximum absolute atomic E-state index is 12.1. The molecule has 5 aliphatic carbocycles. The summed E-state index contributed by atoms with van der Waals surface area (Å²) in [4.78, 5) is 12.1. The van der Waals surface area contributed by atoms with Gasteiger partial charge in [0.15, 0.2) is 0 Å². The van der Waals surface area contributed by atoms with E-state index in [2.05, 4.69) is 13.8 Å². The highest BCUT2D eigenvalue weighted by molar-refractivity contribution is 5.73. The fourth-order valence-corrected chi connectivity index (χ4v) is 10.1. The molecule has 8 rings (SSSR count). The Bertz CT molecular complexity index is 743. The highest BCUT2D eigenvalue weighted by Crippen LogP contribution is 2.81. The van der Waals surface area contributed by atoms with Crippen LogP contribution in [-0.2, 0) is 14.3 Å². The number of rotatable bonds is 0. The van der Waals surface area contributed by atoms with Crippen LogP contribution < -0.4 is 0 Å². The van der Waals surface area contributed by atoms with E-state index in [1.165, 1.54) is 19.3 Å². The van der Waals surface area contributed by atoms with Crippen molar-refractivity contribution in [2.45, 2.75) is 95.0 Å². The SMILES string of the molecule is CC12CCC(O)CC13CC(O3)C1C2CCC2(C)C1C1CC1[C@@]21CCC(=O)O1. The molecule has 27 heavy (non-hydrogen) atoms. The molecular formula is C23H32O4. The van der Waals surface area contributed by atoms with Crippen LogP contribution in [-0.4, -0.2) is 34.5 Å². The number of carbonyl (C=O) groups excluding carboxylic acids is 1. The van der Waals surface area contributed by atoms with Crippen molar-refractivity contribution in [1.29, 1.82) is 0 Å². The first kappa shape index (κ1) is 16.2. The third-order valence-electron chi connectivity index (χ3n) is 11.2. The van der Waals surface area contributed by atoms with Crippen molar-refractivity contribution in [2.24, 2.45) is 40.4 Å². The first-order chi connectivity index (χ1) is 12.8. The molecule has 2 bridgehead atoms. The molecule has 1 N–H and O–H groups in total. The van der Waals surface area contributed by atoms with Gasteiger partial charge in [0.05, 0.1) is 17.8 Å². The quantitative estimate of drug-likeness (QED) is 0.662. The summed E-state index contributed by atoms with van der Waals surface area (Å²) in [6.45, 7) is 4.95. The predicted molar refractivity (Wildman–Crippen MR) is 97.7 cm³/mol. The number of ether oxygens (including phenoxy) is 2. The van der Waals surface area contributed by atoms with Crippen molar-refractivity contribution in [2.75, 3.05) is 0 Å². The lowest BCUT2D eigenvalue weighted by atomic mass is 9.39. The van der Waals surface area contributed by atoms with E-state index in [1.54, 1.807) is 0 Å². The van der Waals surface area contributed by atoms with Crippen molar-refractivity contribution in [3.8, 4) is 0 Å². The molecule has 0 amide bonds. The fourth-order valence-electron chi connectivity index (χ4n) is 10.1. The van der Waals surface area contributed by atoms with Crippen molar-refractivity contribution < 1.29 is 19.4 Å². The molecule has 148 valence electrons. The lowest BCUT2D eigenvalue weighted by Crippen LogP contribution is -2.76. The molecule has 3 saturated heterocycles. The summed E-state index contributed by atoms with van der Waals surface area (Å²) >= 11 is 0. The Kier molecular flexibility index (Phi) is 2.66. The van der Waals surface area contributed by atoms with Crippen LogP contribution >= 0.6 is 0 Å². The lowest BCUT2D eigenvalue weighted by molar-refractivity contribution is -0.378. The van der Waals surface area contributed by atoms with E-state index in [0.29, 0.717) is 30.3 Å². The molecule has 2 spiro atoms. The average molecular weight is 373 g/mol. The summed E-state index contributed by atoms with van der Waals surface area (Å²) < 4.78 is 12.9. The van der Waals surface area contributed by atoms with Gasteiger partial charge in [0.1, 0.15) is 5.60 Å². The van der Waals surface area contributed by atoms with Gasteiger partial charge < -0.3 is 14.6 Å². The molecule has 0 radical (unpaired) electrons. The van der Waals surface area contributed by atoms with Crippen LogP contribution in [0.15, 0.2) is 0 Å². The molecule has 5 saturated carbocycles. The minimum atomic E-state index is -0.176. The van der Waals surface area contributed by atoms with E-state index in [9.17, 15) is 9.90 Å². The normalized spacial score (nSPS) is 67.7. The second-order valence-electron chi connectivity index (χ2n) is 11.7. The first-order valence-electron chi connectivity index (χ1n) is 11.4. The molecule has 0 aromatic carbocycles. The zero-order valence-corrected chi connectivity index (χ0v) is 16.6. The summed E-state index contributed by atoms with van der Waals surface area (Å²) in [5.74, 6) is 3.44. The molecule has 8 aliphatic rings. The molecule has 0 aromatic heterocycles. The third kappa shape index (κ3) is 1.53. The van der Waals surface area contributed by atoms with E-state index in [0.717, 1.165) is 43.9 Å². The largest absolute Gasteiger partial charge is 0.458 e. The van der Waals surface area contributed by atoms with Crippen LogP contribution in [0.25, 0.3) is 0 Å². The van der Waals surface area contributed by atoms with Crippen LogP contribution in [0.3, 0.4) is 0 Å². The minimum absolute atomic E-state index is 0.0421. The van der Waals surface area contributed by atoms with E-state index in [-0.39, 0.29) is 34.1 Å². The van der Waals surface area contributed by atoms with Gasteiger partial charge in [-0.3, -0.25) is 4.79 Å². The summed E-state index contributed by atoms with van der Waals surface area (Å²) in [7, 11) is 0. The molecule has 10 unspecified atom stereocenters. The standard InChI is InChI=1S/C23H32O4/c1-20-6-3-12(24)10-22(20)11-16(26-22)18-14(20)4-7-21(2)19(18)13-9-15(13)23(21)8-5-17(25)27-23/h12-16,18-19,24H,3-11H2,1-2H3/t12?,13?,14?,15?,16?,18?,19?,20?,21?,22?,23-/m0/s1. The van der Waals surface area contributed by atoms with Gasteiger partial charge in [0, 0.05) is 36.0 Å². The topological polar surface area (TPSA) is 55.8 Å². The first-order valence-corrected chi connectivity index (χ1v) is 11.4. The van der Waals surface area contributed by atoms with Gasteiger partial charge >= 0.3 is 5.97 Å². The highest BCUT2D eigenvalue weighted by Gasteiger charge is 2.82. The Morgan fingerprint density at radius 1 is 1.04 bits per heavy atom. The zero-order valence-electron chi connectivity index (χ0n) is 16.6. The van der Waals surface area contributed by atoms with Crippen LogP contribution in [0.2, 0.25) is 0 Å². The number of hydrogen-bond acceptors (Lipinski definition) is 4. The van der Waals surface area contributed by atoms with Gasteiger partial charge in [-0.15, -0.1) is 0 Å². The number of carbonyl (C=O) groups is 1. The second-order valence-corrected chi connectivity index (χ2v) is 11.7. The minimum Gasteiger partial charge on any atom is -0.458 e. The highest BCUT2D eigenvalue weighted by atomic mass is 16.6. The molecule has 3 heterocycles. The van der Waals surface area contributed by atoms with Gasteiger partial charge in [-0.1, -0.05) is 13.8 Å². The number of esters is 1. The molecule has 4 nitrogen and oxygen atoms in total. The van der Waals surface area contributed by atoms with E-state index in [4.69, 9.17) is 9.47 Å². The van der Waals surface area contributed by atoms with Crippen molar-refractivity contribution in [1.82, 2.24) is 0 Å². The van der Waals surface area contributed by atoms with Gasteiger partial charge in [-0.2, -0.15) is 0 Å². The van der Waals surface area contributed by atoms with E-state index >= 15 is 0 Å². The van der Waals surface area contributed by atoms with Crippen molar-refractivity contribution >= 4 is 5.97 Å². The van der Waals surface area contributed by atoms with Crippen molar-refractivity contribution in [3.05, 3.63) is 0 Å². The van der Waals surface area contributed by atoms with Gasteiger partial charge in [0.2, 0.25) is 0 Å². The monoisotopic (exact) mass is 372 g/mol. The van der Waals surface area contributed by atoms with Gasteiger partial charge in [-0.05, 0) is 62.2 Å². The Labute approximate surface area is 161 Å². The molecule has 8 fully saturated rings. The molecular weight excluding hydrogens is 340 g/mol. The van der Waals surface area contributed by atoms with E-state index in [1.807, 2.05) is 0 Å². The fraction of sp³-hybridized carbons (Fsp3) is 0.957. The predicted octanol–water partition coefficient (Wildman–Crippen LogP) is 3.45. The maximum Gasteiger partial charge on any atom is 0.306 e. The Morgan fingerprint density at radius 3 is 2.56 bits per heavy atom. The number of fused-ring (bicyclic) bond motifs is 5. The third-order valence-corrected chi connectivity index (χ3v) is 11.2. The Hall–Kier alpha value is -0.610. The maximum atomic E-state index is 12.1. The number of aliphatic hydroxyl groups is 1. The van der Waals surface area contributed by atoms with Crippen LogP contribution in [0.5, 0.6) is 0 Å². The van der Waals surface area contributed by atoms with Crippen LogP contribution in [0.1, 0.15) is 71.6 Å². The summed E-state index contributed by atoms with van der Waals surface area (Å²) in [6.07, 6.45) is 9.56. The Morgan fingerprint density at radius 2 is 1.81 bits per heavy atom. The number of hydrogen-bond donors (Lipinski definition) is 1. The van der Waals surface area contributed by atoms with Crippen LogP contribution in [0, 0.1) is 40.4 Å². The van der Waals surface area contributed by atoms with Crippen molar-refractivity contribution in [3.63, 3.8) is 0 Å². The zero-order chi connectivity index (χ0) is 18.4. The summed E-state index contributed by atoms with van der Waals surface area (Å²) in [5, 5.41) is 10.3. The molecule has 4 heteroatoms. The molecule has 11 atom stereocenters. The summed E-state index contributed by atoms with van der Waals surface area (Å²) in [6, 6.07) is 0. The molecule has 3 aliphatic heterocycles. The van der Waals surface area contributed by atoms with Crippen LogP contribution in [0.4, 0.5) is 0 Å². The smallest absolute Gasteiger partial charge is 0.306 e. The Balaban J connectivity index is 1.30.